The number of aliphatic carboxylic acids is 1. The van der Waals surface area contributed by atoms with Crippen molar-refractivity contribution in [2.45, 2.75) is 38.0 Å². The molecular weight excluding hydrogens is 398 g/mol. The Morgan fingerprint density at radius 2 is 1.92 bits per heavy atom. The number of nitrogens with zero attached hydrogens (tertiary/aromatic N) is 1. The van der Waals surface area contributed by atoms with Crippen LogP contribution in [0, 0.1) is 0 Å². The molecule has 0 radical (unpaired) electrons. The topological polar surface area (TPSA) is 110 Å². The molecule has 11 heteroatoms. The smallest absolute Gasteiger partial charge is 0.400 e. The number of amides is 1. The van der Waals surface area contributed by atoms with Crippen LogP contribution in [0.2, 0.25) is 10.0 Å². The summed E-state index contributed by atoms with van der Waals surface area (Å²) in [5.41, 5.74) is 11.0. The molecule has 1 aliphatic heterocycles. The summed E-state index contributed by atoms with van der Waals surface area (Å²) in [6, 6.07) is 1.42. The summed E-state index contributed by atoms with van der Waals surface area (Å²) < 4.78 is 32.0. The van der Waals surface area contributed by atoms with E-state index in [-0.39, 0.29) is 11.4 Å². The molecule has 0 aliphatic carbocycles. The first-order chi connectivity index (χ1) is 11.9. The molecule has 146 valence electrons. The lowest BCUT2D eigenvalue weighted by atomic mass is 10.1. The van der Waals surface area contributed by atoms with Crippen molar-refractivity contribution in [1.29, 1.82) is 0 Å². The molecule has 26 heavy (non-hydrogen) atoms. The van der Waals surface area contributed by atoms with Gasteiger partial charge in [-0.05, 0) is 24.1 Å². The van der Waals surface area contributed by atoms with E-state index in [4.69, 9.17) is 28.9 Å². The van der Waals surface area contributed by atoms with Crippen LogP contribution < -0.4 is 16.4 Å². The highest BCUT2D eigenvalue weighted by molar-refractivity contribution is 6.43. The molecule has 0 saturated heterocycles. The van der Waals surface area contributed by atoms with Crippen LogP contribution in [0.25, 0.3) is 0 Å². The maximum absolute atomic E-state index is 12.3. The van der Waals surface area contributed by atoms with E-state index in [1.165, 1.54) is 4.90 Å². The van der Waals surface area contributed by atoms with Crippen molar-refractivity contribution in [3.63, 3.8) is 0 Å². The van der Waals surface area contributed by atoms with E-state index < -0.39 is 36.7 Å². The quantitative estimate of drug-likeness (QED) is 0.702. The van der Waals surface area contributed by atoms with E-state index >= 15 is 0 Å². The molecule has 1 aromatic rings. The Bertz CT molecular complexity index is 686. The average Bonchev–Trinajstić information content (AvgIpc) is 2.97. The molecule has 0 bridgehead atoms. The highest BCUT2D eigenvalue weighted by Gasteiger charge is 2.41. The van der Waals surface area contributed by atoms with E-state index in [0.29, 0.717) is 22.7 Å². The van der Waals surface area contributed by atoms with Crippen molar-refractivity contribution < 1.29 is 27.9 Å². The third kappa shape index (κ3) is 5.23. The summed E-state index contributed by atoms with van der Waals surface area (Å²) in [6.45, 7) is 0.539. The number of halogens is 5. The number of carboxylic acid groups (broad SMARTS) is 1. The first-order valence-corrected chi connectivity index (χ1v) is 8.25. The second-order valence-corrected chi connectivity index (χ2v) is 6.24. The molecule has 1 heterocycles. The number of anilines is 1. The highest BCUT2D eigenvalue weighted by atomic mass is 35.5. The molecule has 0 saturated carbocycles. The normalized spacial score (nSPS) is 17.2. The van der Waals surface area contributed by atoms with Gasteiger partial charge in [-0.3, -0.25) is 9.69 Å². The van der Waals surface area contributed by atoms with Crippen molar-refractivity contribution in [2.75, 3.05) is 11.4 Å². The lowest BCUT2D eigenvalue weighted by molar-refractivity contribution is -0.140. The van der Waals surface area contributed by atoms with Crippen molar-refractivity contribution in [2.24, 2.45) is 11.5 Å². The molecule has 1 aromatic carbocycles. The number of carbonyl (C=O) groups excluding carboxylic acids is 1. The molecule has 1 aliphatic rings. The minimum atomic E-state index is -4.18. The van der Waals surface area contributed by atoms with Gasteiger partial charge >= 0.3 is 12.1 Å². The van der Waals surface area contributed by atoms with Crippen LogP contribution >= 0.6 is 23.2 Å². The monoisotopic (exact) mass is 415 g/mol. The summed E-state index contributed by atoms with van der Waals surface area (Å²) in [6.07, 6.45) is -3.62. The van der Waals surface area contributed by atoms with Gasteiger partial charge in [0.15, 0.2) is 0 Å². The van der Waals surface area contributed by atoms with E-state index in [1.54, 1.807) is 19.1 Å². The Morgan fingerprint density at radius 3 is 2.35 bits per heavy atom. The molecule has 1 amide bonds. The van der Waals surface area contributed by atoms with Gasteiger partial charge in [-0.25, -0.2) is 4.79 Å². The Morgan fingerprint density at radius 1 is 1.38 bits per heavy atom. The standard InChI is InChI=1S/C13H14Cl2N2O3.C2H4F3N/c1-2-8(16)12(18)17-9-4-3-7(14)11(15)6(9)5-10(17)13(19)20;3-2(4,5)1-6/h3-4,8,10H,2,5,16H2,1H3,(H,19,20);1,6H2/t8-,10-;/m0./s1. The SMILES string of the molecule is CC[C@H](N)C(=O)N1c2ccc(Cl)c(Cl)c2C[C@H]1C(=O)O.NCC(F)(F)F. The van der Waals surface area contributed by atoms with E-state index in [1.807, 2.05) is 0 Å². The number of benzene rings is 1. The van der Waals surface area contributed by atoms with Crippen molar-refractivity contribution in [1.82, 2.24) is 0 Å². The number of alkyl halides is 3. The fourth-order valence-electron chi connectivity index (χ4n) is 2.28. The predicted molar refractivity (Wildman–Crippen MR) is 92.5 cm³/mol. The number of rotatable bonds is 3. The second kappa shape index (κ2) is 8.90. The summed E-state index contributed by atoms with van der Waals surface area (Å²) in [4.78, 5) is 24.9. The number of hydrogen-bond donors (Lipinski definition) is 3. The number of carboxylic acids is 1. The van der Waals surface area contributed by atoms with Gasteiger partial charge in [-0.2, -0.15) is 13.2 Å². The zero-order valence-electron chi connectivity index (χ0n) is 13.7. The lowest BCUT2D eigenvalue weighted by Gasteiger charge is -2.25. The lowest BCUT2D eigenvalue weighted by Crippen LogP contribution is -2.49. The minimum Gasteiger partial charge on any atom is -0.480 e. The van der Waals surface area contributed by atoms with E-state index in [9.17, 15) is 27.9 Å². The molecule has 6 nitrogen and oxygen atoms in total. The van der Waals surface area contributed by atoms with E-state index in [2.05, 4.69) is 5.73 Å². The summed E-state index contributed by atoms with van der Waals surface area (Å²) in [7, 11) is 0. The molecule has 2 atom stereocenters. The van der Waals surface area contributed by atoms with Gasteiger partial charge in [-0.1, -0.05) is 30.1 Å². The Kier molecular flexibility index (Phi) is 7.70. The second-order valence-electron chi connectivity index (χ2n) is 5.46. The van der Waals surface area contributed by atoms with Gasteiger partial charge in [0, 0.05) is 12.1 Å². The van der Waals surface area contributed by atoms with Crippen LogP contribution in [0.4, 0.5) is 18.9 Å². The average molecular weight is 416 g/mol. The van der Waals surface area contributed by atoms with Gasteiger partial charge in [0.2, 0.25) is 5.91 Å². The van der Waals surface area contributed by atoms with Crippen LogP contribution in [-0.2, 0) is 16.0 Å². The van der Waals surface area contributed by atoms with Crippen LogP contribution in [0.3, 0.4) is 0 Å². The summed E-state index contributed by atoms with van der Waals surface area (Å²) in [5.74, 6) is -1.51. The van der Waals surface area contributed by atoms with Crippen molar-refractivity contribution >= 4 is 40.8 Å². The van der Waals surface area contributed by atoms with Gasteiger partial charge in [0.1, 0.15) is 6.04 Å². The number of fused-ring (bicyclic) bond motifs is 1. The van der Waals surface area contributed by atoms with Crippen molar-refractivity contribution in [3.05, 3.63) is 27.7 Å². The van der Waals surface area contributed by atoms with Gasteiger partial charge in [0.25, 0.3) is 0 Å². The van der Waals surface area contributed by atoms with Gasteiger partial charge in [-0.15, -0.1) is 0 Å². The Balaban J connectivity index is 0.000000487. The molecule has 0 spiro atoms. The molecule has 5 N–H and O–H groups in total. The Hall–Kier alpha value is -1.55. The van der Waals surface area contributed by atoms with Crippen LogP contribution in [0.15, 0.2) is 12.1 Å². The number of hydrogen-bond acceptors (Lipinski definition) is 4. The maximum Gasteiger partial charge on any atom is 0.400 e. The zero-order valence-corrected chi connectivity index (χ0v) is 15.2. The summed E-state index contributed by atoms with van der Waals surface area (Å²) >= 11 is 12.0. The third-order valence-corrected chi connectivity index (χ3v) is 4.49. The largest absolute Gasteiger partial charge is 0.480 e. The van der Waals surface area contributed by atoms with Crippen LogP contribution in [0.5, 0.6) is 0 Å². The first kappa shape index (κ1) is 22.5. The zero-order chi connectivity index (χ0) is 20.2. The number of carbonyl (C=O) groups is 2. The van der Waals surface area contributed by atoms with Crippen LogP contribution in [-0.4, -0.2) is 41.8 Å². The number of nitrogens with two attached hydrogens (primary N) is 2. The van der Waals surface area contributed by atoms with Gasteiger partial charge < -0.3 is 16.6 Å². The van der Waals surface area contributed by atoms with E-state index in [0.717, 1.165) is 0 Å². The molecule has 2 rings (SSSR count). The molecular formula is C15H18Cl2F3N3O3. The predicted octanol–water partition coefficient (Wildman–Crippen LogP) is 2.58. The van der Waals surface area contributed by atoms with Gasteiger partial charge in [0.05, 0.1) is 22.6 Å². The highest BCUT2D eigenvalue weighted by Crippen LogP contribution is 2.40. The Labute approximate surface area is 157 Å². The fourth-order valence-corrected chi connectivity index (χ4v) is 2.69. The molecule has 0 aromatic heterocycles. The first-order valence-electron chi connectivity index (χ1n) is 7.49. The third-order valence-electron chi connectivity index (χ3n) is 3.65. The molecule has 0 unspecified atom stereocenters. The maximum atomic E-state index is 12.3. The minimum absolute atomic E-state index is 0.131. The fraction of sp³-hybridized carbons (Fsp3) is 0.467. The van der Waals surface area contributed by atoms with Crippen LogP contribution in [0.1, 0.15) is 18.9 Å². The molecule has 0 fully saturated rings. The van der Waals surface area contributed by atoms with Crippen molar-refractivity contribution in [3.8, 4) is 0 Å². The summed E-state index contributed by atoms with van der Waals surface area (Å²) in [5, 5.41) is 9.93.